The Bertz CT molecular complexity index is 552. The molecule has 2 rings (SSSR count). The summed E-state index contributed by atoms with van der Waals surface area (Å²) in [6.45, 7) is 3.89. The summed E-state index contributed by atoms with van der Waals surface area (Å²) >= 11 is 0. The molecule has 0 aliphatic carbocycles. The van der Waals surface area contributed by atoms with E-state index in [1.54, 1.807) is 6.20 Å². The van der Waals surface area contributed by atoms with Gasteiger partial charge in [0.25, 0.3) is 0 Å². The third kappa shape index (κ3) is 1.36. The van der Waals surface area contributed by atoms with Gasteiger partial charge in [0.1, 0.15) is 0 Å². The zero-order chi connectivity index (χ0) is 11.0. The molecular formula is C12H11NO2. The first kappa shape index (κ1) is 9.65. The molecule has 0 bridgehead atoms. The molecule has 0 spiro atoms. The predicted molar refractivity (Wildman–Crippen MR) is 58.2 cm³/mol. The normalized spacial score (nSPS) is 10.5. The van der Waals surface area contributed by atoms with Crippen molar-refractivity contribution in [3.8, 4) is 0 Å². The van der Waals surface area contributed by atoms with E-state index in [0.717, 1.165) is 22.0 Å². The Morgan fingerprint density at radius 2 is 1.93 bits per heavy atom. The highest BCUT2D eigenvalue weighted by molar-refractivity contribution is 6.36. The van der Waals surface area contributed by atoms with Crippen molar-refractivity contribution >= 4 is 23.0 Å². The van der Waals surface area contributed by atoms with E-state index in [1.807, 2.05) is 26.0 Å². The van der Waals surface area contributed by atoms with Crippen molar-refractivity contribution in [1.82, 2.24) is 4.98 Å². The van der Waals surface area contributed by atoms with E-state index in [-0.39, 0.29) is 0 Å². The summed E-state index contributed by atoms with van der Waals surface area (Å²) in [5.41, 5.74) is 3.46. The monoisotopic (exact) mass is 201 g/mol. The van der Waals surface area contributed by atoms with Gasteiger partial charge in [-0.05, 0) is 25.0 Å². The van der Waals surface area contributed by atoms with E-state index < -0.39 is 5.78 Å². The van der Waals surface area contributed by atoms with Crippen LogP contribution < -0.4 is 0 Å². The van der Waals surface area contributed by atoms with Gasteiger partial charge in [-0.1, -0.05) is 12.1 Å². The fourth-order valence-corrected chi connectivity index (χ4v) is 1.82. The number of aryl methyl sites for hydroxylation is 2. The van der Waals surface area contributed by atoms with Crippen LogP contribution in [0.25, 0.3) is 10.9 Å². The van der Waals surface area contributed by atoms with E-state index in [2.05, 4.69) is 4.98 Å². The average Bonchev–Trinajstić information content (AvgIpc) is 2.68. The van der Waals surface area contributed by atoms with Crippen LogP contribution in [0.5, 0.6) is 0 Å². The average molecular weight is 201 g/mol. The third-order valence-electron chi connectivity index (χ3n) is 2.62. The highest BCUT2D eigenvalue weighted by Gasteiger charge is 2.13. The molecule has 0 amide bonds. The van der Waals surface area contributed by atoms with Gasteiger partial charge in [0, 0.05) is 17.1 Å². The molecule has 1 N–H and O–H groups in total. The molecule has 1 aromatic carbocycles. The SMILES string of the molecule is Cc1ccc(C)c2c(C(=O)C=O)c[nH]c12. The minimum atomic E-state index is -0.477. The number of ketones is 1. The maximum atomic E-state index is 11.4. The van der Waals surface area contributed by atoms with E-state index in [4.69, 9.17) is 0 Å². The number of H-pyrrole nitrogens is 1. The number of fused-ring (bicyclic) bond motifs is 1. The number of benzene rings is 1. The number of aldehydes is 1. The summed E-state index contributed by atoms with van der Waals surface area (Å²) in [6, 6.07) is 3.94. The van der Waals surface area contributed by atoms with Gasteiger partial charge < -0.3 is 4.98 Å². The Balaban J connectivity index is 2.84. The highest BCUT2D eigenvalue weighted by atomic mass is 16.2. The van der Waals surface area contributed by atoms with Crippen molar-refractivity contribution in [3.63, 3.8) is 0 Å². The number of rotatable bonds is 2. The molecule has 0 saturated heterocycles. The first-order valence-corrected chi connectivity index (χ1v) is 4.72. The number of carbonyl (C=O) groups excluding carboxylic acids is 2. The van der Waals surface area contributed by atoms with Gasteiger partial charge in [0.05, 0.1) is 5.56 Å². The minimum absolute atomic E-state index is 0.352. The van der Waals surface area contributed by atoms with Gasteiger partial charge in [-0.25, -0.2) is 0 Å². The van der Waals surface area contributed by atoms with Crippen LogP contribution in [0, 0.1) is 13.8 Å². The molecule has 3 heteroatoms. The molecule has 2 aromatic rings. The maximum Gasteiger partial charge on any atom is 0.227 e. The Morgan fingerprint density at radius 1 is 1.27 bits per heavy atom. The van der Waals surface area contributed by atoms with Gasteiger partial charge >= 0.3 is 0 Å². The predicted octanol–water partition coefficient (Wildman–Crippen LogP) is 2.17. The standard InChI is InChI=1S/C12H11NO2/c1-7-3-4-8(2)12-11(7)9(5-13-12)10(15)6-14/h3-6,13H,1-2H3. The van der Waals surface area contributed by atoms with Crippen LogP contribution in [-0.4, -0.2) is 17.1 Å². The van der Waals surface area contributed by atoms with Crippen LogP contribution >= 0.6 is 0 Å². The van der Waals surface area contributed by atoms with Gasteiger partial charge in [-0.2, -0.15) is 0 Å². The fraction of sp³-hybridized carbons (Fsp3) is 0.167. The van der Waals surface area contributed by atoms with E-state index in [1.165, 1.54) is 0 Å². The smallest absolute Gasteiger partial charge is 0.227 e. The van der Waals surface area contributed by atoms with Gasteiger partial charge in [-0.15, -0.1) is 0 Å². The van der Waals surface area contributed by atoms with Crippen LogP contribution in [0.4, 0.5) is 0 Å². The molecule has 3 nitrogen and oxygen atoms in total. The zero-order valence-electron chi connectivity index (χ0n) is 8.63. The van der Waals surface area contributed by atoms with Crippen LogP contribution in [0.15, 0.2) is 18.3 Å². The molecule has 0 radical (unpaired) electrons. The molecule has 0 aliphatic heterocycles. The largest absolute Gasteiger partial charge is 0.360 e. The first-order valence-electron chi connectivity index (χ1n) is 4.72. The van der Waals surface area contributed by atoms with Gasteiger partial charge in [0.2, 0.25) is 5.78 Å². The van der Waals surface area contributed by atoms with Crippen molar-refractivity contribution in [2.45, 2.75) is 13.8 Å². The van der Waals surface area contributed by atoms with Crippen LogP contribution in [0.1, 0.15) is 21.5 Å². The van der Waals surface area contributed by atoms with E-state index >= 15 is 0 Å². The second-order valence-electron chi connectivity index (χ2n) is 3.63. The molecule has 0 saturated carbocycles. The van der Waals surface area contributed by atoms with Gasteiger partial charge in [0.15, 0.2) is 6.29 Å². The minimum Gasteiger partial charge on any atom is -0.360 e. The topological polar surface area (TPSA) is 49.9 Å². The van der Waals surface area contributed by atoms with Crippen LogP contribution in [0.2, 0.25) is 0 Å². The first-order chi connectivity index (χ1) is 7.15. The van der Waals surface area contributed by atoms with E-state index in [9.17, 15) is 9.59 Å². The quantitative estimate of drug-likeness (QED) is 0.460. The summed E-state index contributed by atoms with van der Waals surface area (Å²) in [4.78, 5) is 24.9. The Morgan fingerprint density at radius 3 is 2.60 bits per heavy atom. The number of nitrogens with one attached hydrogen (secondary N) is 1. The maximum absolute atomic E-state index is 11.4. The summed E-state index contributed by atoms with van der Waals surface area (Å²) in [5, 5.41) is 0.854. The molecule has 0 aliphatic rings. The Kier molecular flexibility index (Phi) is 2.15. The molecule has 1 heterocycles. The summed E-state index contributed by atoms with van der Waals surface area (Å²) < 4.78 is 0. The molecule has 0 unspecified atom stereocenters. The van der Waals surface area contributed by atoms with Crippen molar-refractivity contribution in [1.29, 1.82) is 0 Å². The fourth-order valence-electron chi connectivity index (χ4n) is 1.82. The van der Waals surface area contributed by atoms with Crippen molar-refractivity contribution < 1.29 is 9.59 Å². The molecule has 15 heavy (non-hydrogen) atoms. The van der Waals surface area contributed by atoms with E-state index in [0.29, 0.717) is 11.8 Å². The summed E-state index contributed by atoms with van der Waals surface area (Å²) in [6.07, 6.45) is 1.95. The second kappa shape index (κ2) is 3.35. The molecule has 76 valence electrons. The number of hydrogen-bond donors (Lipinski definition) is 1. The lowest BCUT2D eigenvalue weighted by atomic mass is 10.0. The molecule has 1 aromatic heterocycles. The van der Waals surface area contributed by atoms with Crippen molar-refractivity contribution in [3.05, 3.63) is 35.0 Å². The van der Waals surface area contributed by atoms with Crippen molar-refractivity contribution in [2.75, 3.05) is 0 Å². The number of aromatic amines is 1. The second-order valence-corrected chi connectivity index (χ2v) is 3.63. The lowest BCUT2D eigenvalue weighted by Gasteiger charge is -2.00. The number of Topliss-reactive ketones (excluding diaryl/α,β-unsaturated/α-hetero) is 1. The highest BCUT2D eigenvalue weighted by Crippen LogP contribution is 2.24. The summed E-state index contributed by atoms with van der Waals surface area (Å²) in [7, 11) is 0. The molecule has 0 atom stereocenters. The molecule has 0 fully saturated rings. The van der Waals surface area contributed by atoms with Gasteiger partial charge in [-0.3, -0.25) is 9.59 Å². The number of aromatic nitrogens is 1. The number of hydrogen-bond acceptors (Lipinski definition) is 2. The van der Waals surface area contributed by atoms with Crippen LogP contribution in [-0.2, 0) is 4.79 Å². The Hall–Kier alpha value is -1.90. The third-order valence-corrected chi connectivity index (χ3v) is 2.62. The zero-order valence-corrected chi connectivity index (χ0v) is 8.63. The lowest BCUT2D eigenvalue weighted by molar-refractivity contribution is -0.104. The lowest BCUT2D eigenvalue weighted by Crippen LogP contribution is -1.98. The summed E-state index contributed by atoms with van der Waals surface area (Å²) in [5.74, 6) is -0.477. The Labute approximate surface area is 87.1 Å². The molecular weight excluding hydrogens is 190 g/mol. The van der Waals surface area contributed by atoms with Crippen LogP contribution in [0.3, 0.4) is 0 Å². The number of carbonyl (C=O) groups is 2. The van der Waals surface area contributed by atoms with Crippen molar-refractivity contribution in [2.24, 2.45) is 0 Å².